The number of nitrogens with zero attached hydrogens (tertiary/aromatic N) is 2. The second-order valence-electron chi connectivity index (χ2n) is 9.56. The summed E-state index contributed by atoms with van der Waals surface area (Å²) in [6, 6.07) is 35.0. The fraction of sp³-hybridized carbons (Fsp3) is 0.0938. The summed E-state index contributed by atoms with van der Waals surface area (Å²) in [5.74, 6) is -0.142. The number of nitrogens with one attached hydrogen (secondary N) is 1. The molecule has 6 rings (SSSR count). The van der Waals surface area contributed by atoms with E-state index in [-0.39, 0.29) is 10.8 Å². The van der Waals surface area contributed by atoms with Gasteiger partial charge in [0.25, 0.3) is 10.0 Å². The molecule has 1 unspecified atom stereocenters. The number of benzene rings is 4. The second-order valence-corrected chi connectivity index (χ2v) is 11.2. The zero-order chi connectivity index (χ0) is 26.3. The standard InChI is InChI=1S/C32H27N3O2S/c1-22-17-19-26(20-18-22)38(36,37)34-35-21-28-27-15-9-10-16-29(27)33-31(28)30(25-13-7-4-8-14-25)32(35)23(2)24-11-5-3-6-12-24/h3-21,23,34H,1-2H3. The molecule has 2 heterocycles. The molecule has 0 aliphatic carbocycles. The highest BCUT2D eigenvalue weighted by atomic mass is 32.2. The Balaban J connectivity index is 1.68. The average molecular weight is 518 g/mol. The first-order valence-corrected chi connectivity index (χ1v) is 14.0. The average Bonchev–Trinajstić information content (AvgIpc) is 3.31. The highest BCUT2D eigenvalue weighted by Crippen LogP contribution is 2.43. The Morgan fingerprint density at radius 3 is 2.13 bits per heavy atom. The third-order valence-corrected chi connectivity index (χ3v) is 8.34. The third-order valence-electron chi connectivity index (χ3n) is 7.01. The van der Waals surface area contributed by atoms with Crippen molar-refractivity contribution >= 4 is 20.9 Å². The Bertz CT molecular complexity index is 1810. The summed E-state index contributed by atoms with van der Waals surface area (Å²) >= 11 is 0. The lowest BCUT2D eigenvalue weighted by Gasteiger charge is -2.26. The number of aryl methyl sites for hydroxylation is 1. The van der Waals surface area contributed by atoms with E-state index in [0.717, 1.165) is 50.1 Å². The Morgan fingerprint density at radius 2 is 1.42 bits per heavy atom. The van der Waals surface area contributed by atoms with Gasteiger partial charge in [-0.3, -0.25) is 4.68 Å². The molecule has 0 radical (unpaired) electrons. The third kappa shape index (κ3) is 4.23. The molecule has 0 fully saturated rings. The maximum absolute atomic E-state index is 13.7. The van der Waals surface area contributed by atoms with Crippen LogP contribution in [0.5, 0.6) is 0 Å². The van der Waals surface area contributed by atoms with E-state index in [0.29, 0.717) is 0 Å². The van der Waals surface area contributed by atoms with Gasteiger partial charge in [0.15, 0.2) is 0 Å². The van der Waals surface area contributed by atoms with Gasteiger partial charge < -0.3 is 0 Å². The minimum atomic E-state index is -3.88. The predicted molar refractivity (Wildman–Crippen MR) is 153 cm³/mol. The number of hydrogen-bond donors (Lipinski definition) is 1. The number of aromatic nitrogens is 2. The summed E-state index contributed by atoms with van der Waals surface area (Å²) in [7, 11) is -3.88. The zero-order valence-electron chi connectivity index (χ0n) is 21.2. The van der Waals surface area contributed by atoms with Crippen molar-refractivity contribution in [3.8, 4) is 22.4 Å². The van der Waals surface area contributed by atoms with Crippen LogP contribution in [0.25, 0.3) is 33.3 Å². The van der Waals surface area contributed by atoms with Crippen LogP contribution in [-0.4, -0.2) is 18.1 Å². The Morgan fingerprint density at radius 1 is 0.789 bits per heavy atom. The molecule has 4 aromatic carbocycles. The fourth-order valence-electron chi connectivity index (χ4n) is 5.06. The van der Waals surface area contributed by atoms with Crippen molar-refractivity contribution in [3.63, 3.8) is 0 Å². The lowest BCUT2D eigenvalue weighted by atomic mass is 9.88. The van der Waals surface area contributed by atoms with Crippen LogP contribution in [0.4, 0.5) is 0 Å². The molecule has 2 aliphatic heterocycles. The smallest absolute Gasteiger partial charge is 0.256 e. The molecule has 38 heavy (non-hydrogen) atoms. The van der Waals surface area contributed by atoms with Crippen LogP contribution in [0, 0.1) is 6.92 Å². The van der Waals surface area contributed by atoms with Crippen LogP contribution in [0.3, 0.4) is 0 Å². The second kappa shape index (κ2) is 9.47. The van der Waals surface area contributed by atoms with Crippen LogP contribution in [0.1, 0.15) is 29.7 Å². The number of sulfonamides is 1. The Hall–Kier alpha value is -4.42. The van der Waals surface area contributed by atoms with E-state index in [1.165, 1.54) is 0 Å². The highest BCUT2D eigenvalue weighted by Gasteiger charge is 2.28. The van der Waals surface area contributed by atoms with E-state index >= 15 is 0 Å². The predicted octanol–water partition coefficient (Wildman–Crippen LogP) is 7.20. The van der Waals surface area contributed by atoms with E-state index in [4.69, 9.17) is 4.98 Å². The van der Waals surface area contributed by atoms with Gasteiger partial charge in [-0.1, -0.05) is 103 Å². The molecule has 0 aromatic heterocycles. The highest BCUT2D eigenvalue weighted by molar-refractivity contribution is 7.92. The van der Waals surface area contributed by atoms with Gasteiger partial charge >= 0.3 is 0 Å². The molecule has 1 atom stereocenters. The van der Waals surface area contributed by atoms with Crippen molar-refractivity contribution < 1.29 is 8.42 Å². The number of hydrogen-bond acceptors (Lipinski definition) is 3. The minimum Gasteiger partial charge on any atom is -0.256 e. The van der Waals surface area contributed by atoms with Crippen molar-refractivity contribution in [2.24, 2.45) is 0 Å². The lowest BCUT2D eigenvalue weighted by molar-refractivity contribution is 0.593. The van der Waals surface area contributed by atoms with Crippen molar-refractivity contribution in [1.82, 2.24) is 9.66 Å². The Kier molecular flexibility index (Phi) is 5.97. The zero-order valence-corrected chi connectivity index (χ0v) is 22.0. The van der Waals surface area contributed by atoms with Gasteiger partial charge in [-0.15, -0.1) is 0 Å². The number of rotatable bonds is 6. The molecular weight excluding hydrogens is 490 g/mol. The molecule has 0 saturated carbocycles. The normalized spacial score (nSPS) is 12.6. The van der Waals surface area contributed by atoms with Crippen molar-refractivity contribution in [2.75, 3.05) is 4.83 Å². The number of pyridine rings is 1. The molecule has 1 N–H and O–H groups in total. The molecule has 6 heteroatoms. The van der Waals surface area contributed by atoms with Gasteiger partial charge in [0.1, 0.15) is 0 Å². The number of fused-ring (bicyclic) bond motifs is 3. The van der Waals surface area contributed by atoms with Gasteiger partial charge in [-0.25, -0.2) is 9.82 Å². The van der Waals surface area contributed by atoms with Gasteiger partial charge in [-0.05, 0) is 36.2 Å². The maximum Gasteiger partial charge on any atom is 0.275 e. The van der Waals surface area contributed by atoms with E-state index in [1.54, 1.807) is 28.9 Å². The summed E-state index contributed by atoms with van der Waals surface area (Å²) in [5.41, 5.74) is 7.37. The maximum atomic E-state index is 13.7. The van der Waals surface area contributed by atoms with Crippen molar-refractivity contribution in [3.05, 3.63) is 132 Å². The summed E-state index contributed by atoms with van der Waals surface area (Å²) in [4.78, 5) is 8.14. The van der Waals surface area contributed by atoms with Crippen LogP contribution in [0.2, 0.25) is 0 Å². The molecule has 2 aliphatic rings. The van der Waals surface area contributed by atoms with Gasteiger partial charge in [-0.2, -0.15) is 8.42 Å². The summed E-state index contributed by atoms with van der Waals surface area (Å²) in [6.45, 7) is 4.04. The van der Waals surface area contributed by atoms with Gasteiger partial charge in [0.2, 0.25) is 0 Å². The molecule has 0 saturated heterocycles. The molecule has 0 bridgehead atoms. The van der Waals surface area contributed by atoms with Crippen LogP contribution >= 0.6 is 0 Å². The number of para-hydroxylation sites is 1. The van der Waals surface area contributed by atoms with Gasteiger partial charge in [0, 0.05) is 28.6 Å². The van der Waals surface area contributed by atoms with E-state index in [1.807, 2.05) is 85.9 Å². The molecule has 0 spiro atoms. The lowest BCUT2D eigenvalue weighted by Crippen LogP contribution is -2.28. The van der Waals surface area contributed by atoms with Crippen molar-refractivity contribution in [2.45, 2.75) is 24.7 Å². The van der Waals surface area contributed by atoms with E-state index in [2.05, 4.69) is 23.9 Å². The monoisotopic (exact) mass is 517 g/mol. The van der Waals surface area contributed by atoms with Crippen molar-refractivity contribution in [1.29, 1.82) is 0 Å². The molecule has 4 aromatic rings. The molecule has 188 valence electrons. The minimum absolute atomic E-state index is 0.142. The summed E-state index contributed by atoms with van der Waals surface area (Å²) in [5, 5.41) is 0.974. The Labute approximate surface area is 222 Å². The topological polar surface area (TPSA) is 64.0 Å². The van der Waals surface area contributed by atoms with Gasteiger partial charge in [0.05, 0.1) is 21.8 Å². The molecule has 5 nitrogen and oxygen atoms in total. The van der Waals surface area contributed by atoms with E-state index < -0.39 is 10.0 Å². The SMILES string of the molecule is Cc1ccc(S(=O)(=O)Nn2cc3c4ccccc4nc-3c(-c3ccccc3)c2C(C)c2ccccc2)cc1. The summed E-state index contributed by atoms with van der Waals surface area (Å²) < 4.78 is 29.0. The quantitative estimate of drug-likeness (QED) is 0.254. The first-order valence-electron chi connectivity index (χ1n) is 12.6. The fourth-order valence-corrected chi connectivity index (χ4v) is 6.07. The molecule has 0 amide bonds. The summed E-state index contributed by atoms with van der Waals surface area (Å²) in [6.07, 6.45) is 1.87. The van der Waals surface area contributed by atoms with Crippen LogP contribution in [0.15, 0.2) is 120 Å². The largest absolute Gasteiger partial charge is 0.275 e. The van der Waals surface area contributed by atoms with Crippen LogP contribution in [-0.2, 0) is 10.0 Å². The first kappa shape index (κ1) is 23.9. The first-order chi connectivity index (χ1) is 18.4. The van der Waals surface area contributed by atoms with Crippen LogP contribution < -0.4 is 4.83 Å². The molecular formula is C32H27N3O2S. The van der Waals surface area contributed by atoms with E-state index in [9.17, 15) is 8.42 Å².